The van der Waals surface area contributed by atoms with Crippen molar-refractivity contribution in [1.29, 1.82) is 0 Å². The molecule has 7 atom stereocenters. The van der Waals surface area contributed by atoms with E-state index in [1.54, 1.807) is 0 Å². The van der Waals surface area contributed by atoms with Crippen LogP contribution in [0.25, 0.3) is 0 Å². The van der Waals surface area contributed by atoms with Gasteiger partial charge in [0.2, 0.25) is 0 Å². The summed E-state index contributed by atoms with van der Waals surface area (Å²) in [5.41, 5.74) is -1.31. The number of carbonyl (C=O) groups is 1. The molecule has 27 heavy (non-hydrogen) atoms. The van der Waals surface area contributed by atoms with Crippen LogP contribution in [0.15, 0.2) is 0 Å². The number of ether oxygens (including phenoxy) is 1. The molecule has 0 aromatic heterocycles. The maximum absolute atomic E-state index is 13.0. The molecule has 2 bridgehead atoms. The van der Waals surface area contributed by atoms with Gasteiger partial charge in [-0.25, -0.2) is 0 Å². The minimum absolute atomic E-state index is 0.0227. The Bertz CT molecular complexity index is 663. The Kier molecular flexibility index (Phi) is 4.01. The first-order chi connectivity index (χ1) is 12.5. The third kappa shape index (κ3) is 1.95. The van der Waals surface area contributed by atoms with Gasteiger partial charge in [-0.15, -0.1) is 0 Å². The van der Waals surface area contributed by atoms with Crippen molar-refractivity contribution in [2.45, 2.75) is 91.1 Å². The second-order valence-corrected chi connectivity index (χ2v) is 11.3. The average molecular weight is 379 g/mol. The highest BCUT2D eigenvalue weighted by atomic mass is 16.5. The third-order valence-electron chi connectivity index (χ3n) is 11.2. The van der Waals surface area contributed by atoms with Crippen molar-refractivity contribution in [3.63, 3.8) is 0 Å². The van der Waals surface area contributed by atoms with Gasteiger partial charge in [0.25, 0.3) is 0 Å². The molecule has 2 N–H and O–H groups in total. The fraction of sp³-hybridized carbons (Fsp3) is 0.957. The Morgan fingerprint density at radius 2 is 1.70 bits per heavy atom. The van der Waals surface area contributed by atoms with Crippen LogP contribution in [0.4, 0.5) is 0 Å². The molecule has 0 amide bonds. The van der Waals surface area contributed by atoms with Gasteiger partial charge in [0, 0.05) is 0 Å². The number of hydrogen-bond acceptors (Lipinski definition) is 4. The first kappa shape index (κ1) is 19.7. The summed E-state index contributed by atoms with van der Waals surface area (Å²) in [4.78, 5) is 13.0. The maximum Gasteiger partial charge on any atom is 0.312 e. The van der Waals surface area contributed by atoms with Crippen molar-refractivity contribution >= 4 is 5.97 Å². The lowest BCUT2D eigenvalue weighted by Gasteiger charge is -2.78. The number of methoxy groups -OCH3 is 1. The third-order valence-corrected chi connectivity index (χ3v) is 11.2. The molecule has 5 aliphatic rings. The van der Waals surface area contributed by atoms with E-state index in [0.29, 0.717) is 0 Å². The predicted octanol–water partition coefficient (Wildman–Crippen LogP) is 4.08. The van der Waals surface area contributed by atoms with Crippen molar-refractivity contribution in [3.05, 3.63) is 0 Å². The van der Waals surface area contributed by atoms with Crippen LogP contribution < -0.4 is 0 Å². The molecule has 5 fully saturated rings. The first-order valence-electron chi connectivity index (χ1n) is 10.9. The molecule has 5 rings (SSSR count). The second-order valence-electron chi connectivity index (χ2n) is 11.3. The Balaban J connectivity index is 1.84. The van der Waals surface area contributed by atoms with E-state index in [-0.39, 0.29) is 40.2 Å². The van der Waals surface area contributed by atoms with Gasteiger partial charge in [-0.3, -0.25) is 4.79 Å². The molecule has 5 aliphatic carbocycles. The van der Waals surface area contributed by atoms with Crippen LogP contribution in [0.5, 0.6) is 0 Å². The smallest absolute Gasteiger partial charge is 0.312 e. The molecule has 0 aromatic rings. The fourth-order valence-corrected chi connectivity index (χ4v) is 8.93. The van der Waals surface area contributed by atoms with E-state index in [1.165, 1.54) is 7.11 Å². The SMILES string of the molecule is COC(=O)C1(C)CCCC2(C)C3(C)CC4CCC3(CCC12C)CC4(O)CO. The number of fused-ring (bicyclic) bond motifs is 3. The van der Waals surface area contributed by atoms with Crippen LogP contribution in [0.1, 0.15) is 85.5 Å². The van der Waals surface area contributed by atoms with E-state index in [4.69, 9.17) is 4.74 Å². The molecule has 154 valence electrons. The molecule has 0 aromatic carbocycles. The highest BCUT2D eigenvalue weighted by molar-refractivity contribution is 5.78. The molecule has 4 nitrogen and oxygen atoms in total. The van der Waals surface area contributed by atoms with Gasteiger partial charge in [0.05, 0.1) is 24.7 Å². The standard InChI is InChI=1S/C23H38O4/c1-18(17(25)27-5)8-6-9-20(3)19(18,2)11-12-22-10-7-16(13-21(20,22)4)23(26,14-22)15-24/h16,24,26H,6-15H2,1-5H3. The van der Waals surface area contributed by atoms with E-state index in [2.05, 4.69) is 27.7 Å². The van der Waals surface area contributed by atoms with Crippen LogP contribution in [-0.2, 0) is 9.53 Å². The van der Waals surface area contributed by atoms with Crippen molar-refractivity contribution < 1.29 is 19.7 Å². The van der Waals surface area contributed by atoms with Crippen LogP contribution in [-0.4, -0.2) is 35.5 Å². The molecule has 1 spiro atoms. The zero-order chi connectivity index (χ0) is 19.9. The summed E-state index contributed by atoms with van der Waals surface area (Å²) < 4.78 is 5.32. The summed E-state index contributed by atoms with van der Waals surface area (Å²) in [6.07, 6.45) is 8.99. The summed E-state index contributed by atoms with van der Waals surface area (Å²) in [7, 11) is 1.53. The Labute approximate surface area is 164 Å². The van der Waals surface area contributed by atoms with E-state index in [9.17, 15) is 15.0 Å². The van der Waals surface area contributed by atoms with Crippen LogP contribution in [0, 0.1) is 33.0 Å². The van der Waals surface area contributed by atoms with Gasteiger partial charge >= 0.3 is 5.97 Å². The van der Waals surface area contributed by atoms with E-state index >= 15 is 0 Å². The number of esters is 1. The van der Waals surface area contributed by atoms with Gasteiger partial charge in [-0.1, -0.05) is 27.2 Å². The molecular weight excluding hydrogens is 340 g/mol. The second kappa shape index (κ2) is 5.50. The number of aliphatic hydroxyl groups excluding tert-OH is 1. The van der Waals surface area contributed by atoms with E-state index in [1.807, 2.05) is 0 Å². The molecule has 0 saturated heterocycles. The summed E-state index contributed by atoms with van der Waals surface area (Å²) in [6.45, 7) is 9.26. The van der Waals surface area contributed by atoms with Crippen LogP contribution >= 0.6 is 0 Å². The van der Waals surface area contributed by atoms with E-state index in [0.717, 1.165) is 57.8 Å². The Morgan fingerprint density at radius 1 is 1.00 bits per heavy atom. The van der Waals surface area contributed by atoms with Crippen molar-refractivity contribution in [3.8, 4) is 0 Å². The molecule has 0 heterocycles. The number of hydrogen-bond donors (Lipinski definition) is 2. The molecule has 0 radical (unpaired) electrons. The lowest BCUT2D eigenvalue weighted by atomic mass is 9.26. The maximum atomic E-state index is 13.0. The minimum Gasteiger partial charge on any atom is -0.469 e. The van der Waals surface area contributed by atoms with E-state index < -0.39 is 11.0 Å². The normalized spacial score (nSPS) is 56.9. The van der Waals surface area contributed by atoms with Gasteiger partial charge in [-0.05, 0) is 85.9 Å². The summed E-state index contributed by atoms with van der Waals surface area (Å²) >= 11 is 0. The highest BCUT2D eigenvalue weighted by Gasteiger charge is 2.76. The zero-order valence-electron chi connectivity index (χ0n) is 17.9. The monoisotopic (exact) mass is 378 g/mol. The van der Waals surface area contributed by atoms with Crippen LogP contribution in [0.2, 0.25) is 0 Å². The van der Waals surface area contributed by atoms with Crippen molar-refractivity contribution in [1.82, 2.24) is 0 Å². The van der Waals surface area contributed by atoms with Gasteiger partial charge in [-0.2, -0.15) is 0 Å². The lowest BCUT2D eigenvalue weighted by molar-refractivity contribution is -0.313. The average Bonchev–Trinajstić information content (AvgIpc) is 2.64. The number of aliphatic hydroxyl groups is 2. The molecular formula is C23H38O4. The predicted molar refractivity (Wildman–Crippen MR) is 104 cm³/mol. The minimum atomic E-state index is -0.915. The summed E-state index contributed by atoms with van der Waals surface area (Å²) in [5, 5.41) is 21.1. The highest BCUT2D eigenvalue weighted by Crippen LogP contribution is 2.81. The van der Waals surface area contributed by atoms with Crippen LogP contribution in [0.3, 0.4) is 0 Å². The largest absolute Gasteiger partial charge is 0.469 e. The van der Waals surface area contributed by atoms with Gasteiger partial charge < -0.3 is 14.9 Å². The molecule has 7 unspecified atom stereocenters. The molecule has 5 saturated carbocycles. The molecule has 4 heteroatoms. The molecule has 0 aliphatic heterocycles. The van der Waals surface area contributed by atoms with Gasteiger partial charge in [0.1, 0.15) is 0 Å². The zero-order valence-corrected chi connectivity index (χ0v) is 17.9. The number of carbonyl (C=O) groups excluding carboxylic acids is 1. The summed E-state index contributed by atoms with van der Waals surface area (Å²) in [6, 6.07) is 0. The Morgan fingerprint density at radius 3 is 2.33 bits per heavy atom. The summed E-state index contributed by atoms with van der Waals surface area (Å²) in [5.74, 6) is 0.114. The number of rotatable bonds is 2. The van der Waals surface area contributed by atoms with Crippen molar-refractivity contribution in [2.24, 2.45) is 33.0 Å². The van der Waals surface area contributed by atoms with Crippen molar-refractivity contribution in [2.75, 3.05) is 13.7 Å². The quantitative estimate of drug-likeness (QED) is 0.711. The van der Waals surface area contributed by atoms with Gasteiger partial charge in [0.15, 0.2) is 0 Å². The fourth-order valence-electron chi connectivity index (χ4n) is 8.93. The lowest BCUT2D eigenvalue weighted by Crippen LogP contribution is -2.74. The topological polar surface area (TPSA) is 66.8 Å². The Hall–Kier alpha value is -0.610. The first-order valence-corrected chi connectivity index (χ1v) is 10.9.